The lowest BCUT2D eigenvalue weighted by molar-refractivity contribution is 0.272. The molecule has 0 radical (unpaired) electrons. The summed E-state index contributed by atoms with van der Waals surface area (Å²) in [5, 5.41) is 6.59. The summed E-state index contributed by atoms with van der Waals surface area (Å²) in [4.78, 5) is 4.45. The first-order chi connectivity index (χ1) is 13.5. The fourth-order valence-electron chi connectivity index (χ4n) is 2.40. The molecule has 7 heteroatoms. The zero-order valence-electron chi connectivity index (χ0n) is 15.7. The first-order valence-corrected chi connectivity index (χ1v) is 9.82. The number of hydrogen-bond acceptors (Lipinski definition) is 5. The van der Waals surface area contributed by atoms with Crippen LogP contribution in [0, 0.1) is 17.6 Å². The lowest BCUT2D eigenvalue weighted by Gasteiger charge is -2.10. The van der Waals surface area contributed by atoms with E-state index in [2.05, 4.69) is 15.5 Å². The maximum atomic E-state index is 13.9. The van der Waals surface area contributed by atoms with E-state index in [4.69, 9.17) is 4.74 Å². The molecule has 0 atom stereocenters. The smallest absolute Gasteiger partial charge is 0.203 e. The van der Waals surface area contributed by atoms with Crippen molar-refractivity contribution in [3.8, 4) is 17.0 Å². The molecule has 4 nitrogen and oxygen atoms in total. The molecule has 0 saturated carbocycles. The number of thiazole rings is 1. The van der Waals surface area contributed by atoms with Crippen LogP contribution >= 0.6 is 11.3 Å². The molecule has 146 valence electrons. The van der Waals surface area contributed by atoms with Crippen molar-refractivity contribution in [2.45, 2.75) is 20.3 Å². The molecule has 1 aromatic heterocycles. The van der Waals surface area contributed by atoms with E-state index in [1.54, 1.807) is 0 Å². The van der Waals surface area contributed by atoms with E-state index in [0.29, 0.717) is 23.2 Å². The summed E-state index contributed by atoms with van der Waals surface area (Å²) in [5.41, 5.74) is 5.07. The molecule has 0 bridgehead atoms. The molecule has 0 amide bonds. The monoisotopic (exact) mass is 401 g/mol. The second-order valence-corrected chi connectivity index (χ2v) is 7.48. The fourth-order valence-corrected chi connectivity index (χ4v) is 3.07. The molecular weight excluding hydrogens is 380 g/mol. The summed E-state index contributed by atoms with van der Waals surface area (Å²) < 4.78 is 33.1. The van der Waals surface area contributed by atoms with Gasteiger partial charge >= 0.3 is 0 Å². The quantitative estimate of drug-likeness (QED) is 0.374. The van der Waals surface area contributed by atoms with Gasteiger partial charge in [-0.15, -0.1) is 11.3 Å². The number of ether oxygens (including phenoxy) is 1. The Labute approximate surface area is 166 Å². The third-order valence-corrected chi connectivity index (χ3v) is 4.66. The van der Waals surface area contributed by atoms with Gasteiger partial charge in [0.1, 0.15) is 0 Å². The zero-order chi connectivity index (χ0) is 19.9. The third-order valence-electron chi connectivity index (χ3n) is 3.92. The van der Waals surface area contributed by atoms with Gasteiger partial charge in [0, 0.05) is 16.5 Å². The van der Waals surface area contributed by atoms with Gasteiger partial charge < -0.3 is 4.74 Å². The van der Waals surface area contributed by atoms with Crippen LogP contribution in [0.15, 0.2) is 52.9 Å². The molecule has 0 aliphatic heterocycles. The number of benzene rings is 2. The van der Waals surface area contributed by atoms with Crippen molar-refractivity contribution < 1.29 is 13.5 Å². The molecule has 28 heavy (non-hydrogen) atoms. The molecule has 1 N–H and O–H groups in total. The molecule has 0 saturated heterocycles. The number of rotatable bonds is 8. The minimum absolute atomic E-state index is 0.109. The Kier molecular flexibility index (Phi) is 6.71. The van der Waals surface area contributed by atoms with Crippen molar-refractivity contribution in [3.63, 3.8) is 0 Å². The van der Waals surface area contributed by atoms with Crippen LogP contribution in [-0.2, 0) is 0 Å². The predicted molar refractivity (Wildman–Crippen MR) is 110 cm³/mol. The topological polar surface area (TPSA) is 46.5 Å². The van der Waals surface area contributed by atoms with Crippen molar-refractivity contribution in [1.82, 2.24) is 4.98 Å². The van der Waals surface area contributed by atoms with Crippen LogP contribution in [-0.4, -0.2) is 17.8 Å². The highest BCUT2D eigenvalue weighted by Crippen LogP contribution is 2.25. The Balaban J connectivity index is 1.65. The van der Waals surface area contributed by atoms with Crippen molar-refractivity contribution in [3.05, 3.63) is 65.0 Å². The van der Waals surface area contributed by atoms with Gasteiger partial charge in [0.05, 0.1) is 18.5 Å². The number of hydrogen-bond donors (Lipinski definition) is 1. The number of hydrazone groups is 1. The van der Waals surface area contributed by atoms with E-state index in [0.717, 1.165) is 23.7 Å². The minimum Gasteiger partial charge on any atom is -0.490 e. The van der Waals surface area contributed by atoms with E-state index in [1.807, 2.05) is 49.6 Å². The SMILES string of the molecule is CC(C)CCOc1cc(C=NNc2nc(-c3ccccc3)cs2)cc(F)c1F. The molecule has 0 aliphatic rings. The van der Waals surface area contributed by atoms with Crippen LogP contribution in [0.4, 0.5) is 13.9 Å². The molecule has 0 spiro atoms. The Morgan fingerprint density at radius 2 is 2.00 bits per heavy atom. The molecule has 3 aromatic rings. The molecule has 0 fully saturated rings. The standard InChI is InChI=1S/C21H21F2N3OS/c1-14(2)8-9-27-19-11-15(10-17(22)20(19)23)12-24-26-21-25-18(13-28-21)16-6-4-3-5-7-16/h3-7,10-14H,8-9H2,1-2H3,(H,25,26). The average Bonchev–Trinajstić information content (AvgIpc) is 3.15. The Morgan fingerprint density at radius 3 is 2.75 bits per heavy atom. The number of aromatic nitrogens is 1. The van der Waals surface area contributed by atoms with Gasteiger partial charge in [-0.3, -0.25) is 5.43 Å². The Morgan fingerprint density at radius 1 is 1.21 bits per heavy atom. The number of halogens is 2. The van der Waals surface area contributed by atoms with Crippen LogP contribution in [0.2, 0.25) is 0 Å². The van der Waals surface area contributed by atoms with Gasteiger partial charge in [-0.2, -0.15) is 9.49 Å². The average molecular weight is 401 g/mol. The van der Waals surface area contributed by atoms with Gasteiger partial charge in [0.2, 0.25) is 10.9 Å². The lowest BCUT2D eigenvalue weighted by atomic mass is 10.1. The Bertz CT molecular complexity index is 942. The fraction of sp³-hybridized carbons (Fsp3) is 0.238. The van der Waals surface area contributed by atoms with E-state index in [-0.39, 0.29) is 5.75 Å². The van der Waals surface area contributed by atoms with Crippen molar-refractivity contribution in [2.75, 3.05) is 12.0 Å². The Hall–Kier alpha value is -2.80. The van der Waals surface area contributed by atoms with Gasteiger partial charge in [-0.1, -0.05) is 44.2 Å². The number of anilines is 1. The summed E-state index contributed by atoms with van der Waals surface area (Å²) in [6.45, 7) is 4.40. The van der Waals surface area contributed by atoms with Crippen molar-refractivity contribution in [1.29, 1.82) is 0 Å². The van der Waals surface area contributed by atoms with Gasteiger partial charge in [-0.25, -0.2) is 9.37 Å². The largest absolute Gasteiger partial charge is 0.490 e. The molecule has 3 rings (SSSR count). The van der Waals surface area contributed by atoms with E-state index in [9.17, 15) is 8.78 Å². The van der Waals surface area contributed by atoms with Crippen LogP contribution in [0.25, 0.3) is 11.3 Å². The zero-order valence-corrected chi connectivity index (χ0v) is 16.5. The lowest BCUT2D eigenvalue weighted by Crippen LogP contribution is -2.04. The van der Waals surface area contributed by atoms with Gasteiger partial charge in [0.25, 0.3) is 0 Å². The molecule has 0 aliphatic carbocycles. The third kappa shape index (κ3) is 5.36. The summed E-state index contributed by atoms with van der Waals surface area (Å²) in [7, 11) is 0. The highest BCUT2D eigenvalue weighted by Gasteiger charge is 2.12. The van der Waals surface area contributed by atoms with Gasteiger partial charge in [0.15, 0.2) is 11.6 Å². The summed E-state index contributed by atoms with van der Waals surface area (Å²) in [5.74, 6) is -1.64. The molecule has 1 heterocycles. The van der Waals surface area contributed by atoms with Crippen LogP contribution in [0.5, 0.6) is 5.75 Å². The molecule has 0 unspecified atom stereocenters. The van der Waals surface area contributed by atoms with E-state index >= 15 is 0 Å². The summed E-state index contributed by atoms with van der Waals surface area (Å²) in [6.07, 6.45) is 2.16. The van der Waals surface area contributed by atoms with E-state index < -0.39 is 11.6 Å². The highest BCUT2D eigenvalue weighted by atomic mass is 32.1. The number of nitrogens with zero attached hydrogens (tertiary/aromatic N) is 2. The second kappa shape index (κ2) is 9.41. The number of nitrogens with one attached hydrogen (secondary N) is 1. The van der Waals surface area contributed by atoms with Gasteiger partial charge in [-0.05, 0) is 24.5 Å². The van der Waals surface area contributed by atoms with Crippen LogP contribution in [0.1, 0.15) is 25.8 Å². The maximum Gasteiger partial charge on any atom is 0.203 e. The minimum atomic E-state index is -0.985. The molecule has 2 aromatic carbocycles. The van der Waals surface area contributed by atoms with E-state index in [1.165, 1.54) is 23.6 Å². The first-order valence-electron chi connectivity index (χ1n) is 8.95. The summed E-state index contributed by atoms with van der Waals surface area (Å²) in [6, 6.07) is 12.3. The molecular formula is C21H21F2N3OS. The van der Waals surface area contributed by atoms with Crippen molar-refractivity contribution >= 4 is 22.7 Å². The highest BCUT2D eigenvalue weighted by molar-refractivity contribution is 7.14. The predicted octanol–water partition coefficient (Wildman–Crippen LogP) is 5.96. The van der Waals surface area contributed by atoms with Crippen LogP contribution < -0.4 is 10.2 Å². The van der Waals surface area contributed by atoms with Crippen molar-refractivity contribution in [2.24, 2.45) is 11.0 Å². The summed E-state index contributed by atoms with van der Waals surface area (Å²) >= 11 is 1.41. The first kappa shape index (κ1) is 19.9. The van der Waals surface area contributed by atoms with Crippen LogP contribution in [0.3, 0.4) is 0 Å². The normalized spacial score (nSPS) is 11.3. The maximum absolute atomic E-state index is 13.9. The second-order valence-electron chi connectivity index (χ2n) is 6.62.